The molecule has 2 aliphatic carbocycles. The second-order valence-electron chi connectivity index (χ2n) is 5.93. The maximum Gasteiger partial charge on any atom is 0.314 e. The molecule has 3 atom stereocenters. The van der Waals surface area contributed by atoms with Crippen LogP contribution in [0.25, 0.3) is 0 Å². The molecule has 1 aromatic carbocycles. The number of carbonyl (C=O) groups is 2. The Morgan fingerprint density at radius 3 is 2.60 bits per heavy atom. The van der Waals surface area contributed by atoms with E-state index in [1.807, 2.05) is 12.1 Å². The van der Waals surface area contributed by atoms with Gasteiger partial charge in [-0.05, 0) is 36.3 Å². The van der Waals surface area contributed by atoms with Gasteiger partial charge in [0.2, 0.25) is 0 Å². The van der Waals surface area contributed by atoms with Crippen LogP contribution in [0.4, 0.5) is 0 Å². The van der Waals surface area contributed by atoms with Gasteiger partial charge in [0.1, 0.15) is 0 Å². The third kappa shape index (κ3) is 1.67. The second-order valence-corrected chi connectivity index (χ2v) is 5.93. The Hall–Kier alpha value is -1.84. The molecule has 106 valence electrons. The average molecular weight is 274 g/mol. The van der Waals surface area contributed by atoms with Crippen molar-refractivity contribution in [2.75, 3.05) is 0 Å². The summed E-state index contributed by atoms with van der Waals surface area (Å²) in [5, 5.41) is 19.3. The number of hydrogen-bond acceptors (Lipinski definition) is 2. The predicted molar refractivity (Wildman–Crippen MR) is 72.7 cm³/mol. The molecule has 0 bridgehead atoms. The molecule has 0 amide bonds. The first-order chi connectivity index (χ1) is 9.57. The van der Waals surface area contributed by atoms with Crippen LogP contribution < -0.4 is 0 Å². The van der Waals surface area contributed by atoms with Crippen molar-refractivity contribution in [3.8, 4) is 0 Å². The largest absolute Gasteiger partial charge is 0.481 e. The number of carboxylic acid groups (broad SMARTS) is 2. The van der Waals surface area contributed by atoms with E-state index < -0.39 is 23.3 Å². The van der Waals surface area contributed by atoms with Crippen molar-refractivity contribution in [3.63, 3.8) is 0 Å². The number of hydrogen-bond donors (Lipinski definition) is 2. The first-order valence-corrected chi connectivity index (χ1v) is 7.13. The zero-order chi connectivity index (χ0) is 14.3. The van der Waals surface area contributed by atoms with E-state index in [0.29, 0.717) is 18.4 Å². The smallest absolute Gasteiger partial charge is 0.314 e. The van der Waals surface area contributed by atoms with Crippen LogP contribution in [-0.2, 0) is 15.0 Å². The zero-order valence-electron chi connectivity index (χ0n) is 11.2. The lowest BCUT2D eigenvalue weighted by Gasteiger charge is -2.47. The van der Waals surface area contributed by atoms with Crippen LogP contribution in [0.3, 0.4) is 0 Å². The number of fused-ring (bicyclic) bond motifs is 3. The first-order valence-electron chi connectivity index (χ1n) is 7.13. The van der Waals surface area contributed by atoms with Crippen molar-refractivity contribution in [2.24, 2.45) is 5.92 Å². The predicted octanol–water partition coefficient (Wildman–Crippen LogP) is 2.77. The summed E-state index contributed by atoms with van der Waals surface area (Å²) < 4.78 is 0. The molecule has 2 aliphatic rings. The van der Waals surface area contributed by atoms with Gasteiger partial charge in [-0.25, -0.2) is 0 Å². The van der Waals surface area contributed by atoms with E-state index in [0.717, 1.165) is 24.8 Å². The van der Waals surface area contributed by atoms with Crippen LogP contribution in [0.1, 0.15) is 49.1 Å². The van der Waals surface area contributed by atoms with Gasteiger partial charge in [0.25, 0.3) is 0 Å². The molecule has 1 aromatic rings. The van der Waals surface area contributed by atoms with Crippen LogP contribution >= 0.6 is 0 Å². The van der Waals surface area contributed by atoms with Gasteiger partial charge in [-0.1, -0.05) is 37.1 Å². The molecule has 4 nitrogen and oxygen atoms in total. The maximum absolute atomic E-state index is 12.0. The fraction of sp³-hybridized carbons (Fsp3) is 0.500. The summed E-state index contributed by atoms with van der Waals surface area (Å²) in [6.07, 6.45) is 3.77. The molecule has 2 N–H and O–H groups in total. The normalized spacial score (nSPS) is 32.0. The van der Waals surface area contributed by atoms with Crippen molar-refractivity contribution in [3.05, 3.63) is 35.4 Å². The van der Waals surface area contributed by atoms with E-state index in [9.17, 15) is 19.8 Å². The van der Waals surface area contributed by atoms with Gasteiger partial charge < -0.3 is 10.2 Å². The molecule has 0 aliphatic heterocycles. The summed E-state index contributed by atoms with van der Waals surface area (Å²) in [7, 11) is 0. The van der Waals surface area contributed by atoms with Crippen molar-refractivity contribution in [2.45, 2.75) is 43.4 Å². The summed E-state index contributed by atoms with van der Waals surface area (Å²) >= 11 is 0. The molecule has 0 saturated heterocycles. The van der Waals surface area contributed by atoms with Crippen LogP contribution in [0, 0.1) is 5.92 Å². The Kier molecular flexibility index (Phi) is 3.04. The molecule has 0 radical (unpaired) electrons. The van der Waals surface area contributed by atoms with Crippen LogP contribution in [-0.4, -0.2) is 22.2 Å². The summed E-state index contributed by atoms with van der Waals surface area (Å²) in [6.45, 7) is 0. The Balaban J connectivity index is 2.21. The molecule has 4 heteroatoms. The topological polar surface area (TPSA) is 74.6 Å². The van der Waals surface area contributed by atoms with E-state index in [1.165, 1.54) is 0 Å². The molecule has 1 saturated carbocycles. The molecule has 1 fully saturated rings. The summed E-state index contributed by atoms with van der Waals surface area (Å²) in [5.74, 6) is -2.27. The molecule has 20 heavy (non-hydrogen) atoms. The number of carboxylic acids is 2. The van der Waals surface area contributed by atoms with Gasteiger partial charge in [-0.2, -0.15) is 0 Å². The zero-order valence-corrected chi connectivity index (χ0v) is 11.2. The highest BCUT2D eigenvalue weighted by atomic mass is 16.4. The minimum Gasteiger partial charge on any atom is -0.481 e. The van der Waals surface area contributed by atoms with Gasteiger partial charge in [0, 0.05) is 0 Å². The van der Waals surface area contributed by atoms with Crippen molar-refractivity contribution in [1.29, 1.82) is 0 Å². The van der Waals surface area contributed by atoms with Crippen LogP contribution in [0.5, 0.6) is 0 Å². The van der Waals surface area contributed by atoms with Crippen LogP contribution in [0.15, 0.2) is 24.3 Å². The highest BCUT2D eigenvalue weighted by molar-refractivity contribution is 5.86. The van der Waals surface area contributed by atoms with E-state index in [2.05, 4.69) is 0 Å². The average Bonchev–Trinajstić information content (AvgIpc) is 2.45. The van der Waals surface area contributed by atoms with Crippen molar-refractivity contribution >= 4 is 11.9 Å². The lowest BCUT2D eigenvalue weighted by atomic mass is 9.55. The lowest BCUT2D eigenvalue weighted by molar-refractivity contribution is -0.151. The minimum absolute atomic E-state index is 0.0650. The first kappa shape index (κ1) is 13.2. The number of aliphatic carboxylic acids is 2. The van der Waals surface area contributed by atoms with Crippen molar-refractivity contribution < 1.29 is 19.8 Å². The second kappa shape index (κ2) is 4.62. The molecule has 3 rings (SSSR count). The van der Waals surface area contributed by atoms with Gasteiger partial charge in [0.05, 0.1) is 11.3 Å². The number of rotatable bonds is 2. The molecule has 0 spiro atoms. The summed E-state index contributed by atoms with van der Waals surface area (Å²) in [6, 6.07) is 7.22. The highest BCUT2D eigenvalue weighted by Crippen LogP contribution is 2.53. The van der Waals surface area contributed by atoms with Gasteiger partial charge in [-0.15, -0.1) is 0 Å². The quantitative estimate of drug-likeness (QED) is 0.869. The maximum atomic E-state index is 12.0. The Labute approximate surface area is 117 Å². The molecule has 0 aromatic heterocycles. The van der Waals surface area contributed by atoms with E-state index in [-0.39, 0.29) is 5.92 Å². The molecular weight excluding hydrogens is 256 g/mol. The number of benzene rings is 1. The molecule has 0 heterocycles. The van der Waals surface area contributed by atoms with Gasteiger partial charge in [-0.3, -0.25) is 9.59 Å². The van der Waals surface area contributed by atoms with E-state index >= 15 is 0 Å². The minimum atomic E-state index is -0.874. The van der Waals surface area contributed by atoms with Crippen molar-refractivity contribution in [1.82, 2.24) is 0 Å². The van der Waals surface area contributed by atoms with Crippen LogP contribution in [0.2, 0.25) is 0 Å². The molecule has 0 unspecified atom stereocenters. The van der Waals surface area contributed by atoms with Gasteiger partial charge in [0.15, 0.2) is 0 Å². The fourth-order valence-corrected chi connectivity index (χ4v) is 4.17. The molecular formula is C16H18O4. The Bertz CT molecular complexity index is 565. The van der Waals surface area contributed by atoms with E-state index in [1.54, 1.807) is 12.1 Å². The Morgan fingerprint density at radius 2 is 1.90 bits per heavy atom. The van der Waals surface area contributed by atoms with E-state index in [4.69, 9.17) is 0 Å². The summed E-state index contributed by atoms with van der Waals surface area (Å²) in [5.41, 5.74) is 0.553. The van der Waals surface area contributed by atoms with Gasteiger partial charge >= 0.3 is 11.9 Å². The summed E-state index contributed by atoms with van der Waals surface area (Å²) in [4.78, 5) is 23.5. The lowest BCUT2D eigenvalue weighted by Crippen LogP contribution is -2.49. The SMILES string of the molecule is O=C(O)[C@@H]1C[C@@H]2CCCC[C@]2(C(=O)O)c2ccccc21. The fourth-order valence-electron chi connectivity index (χ4n) is 4.17. The third-order valence-electron chi connectivity index (χ3n) is 5.09. The Morgan fingerprint density at radius 1 is 1.15 bits per heavy atom. The monoisotopic (exact) mass is 274 g/mol. The standard InChI is InChI=1S/C16H18O4/c17-14(18)12-9-10-5-3-4-8-16(10,15(19)20)13-7-2-1-6-11(12)13/h1-2,6-7,10,12H,3-5,8-9H2,(H,17,18)(H,19,20)/t10-,12+,16+/m0/s1. The third-order valence-corrected chi connectivity index (χ3v) is 5.09. The highest BCUT2D eigenvalue weighted by Gasteiger charge is 2.54.